The topological polar surface area (TPSA) is 107 Å². The van der Waals surface area contributed by atoms with Crippen molar-refractivity contribution >= 4 is 33.2 Å². The van der Waals surface area contributed by atoms with E-state index in [1.54, 1.807) is 13.1 Å². The number of benzene rings is 1. The number of thioether (sulfide) groups is 1. The summed E-state index contributed by atoms with van der Waals surface area (Å²) in [5, 5.41) is 11.0. The number of rotatable bonds is 7. The van der Waals surface area contributed by atoms with Gasteiger partial charge in [0.2, 0.25) is 5.91 Å². The van der Waals surface area contributed by atoms with Crippen molar-refractivity contribution in [3.63, 3.8) is 0 Å². The highest BCUT2D eigenvalue weighted by atomic mass is 32.2. The highest BCUT2D eigenvalue weighted by molar-refractivity contribution is 7.99. The van der Waals surface area contributed by atoms with Crippen molar-refractivity contribution in [2.24, 2.45) is 0 Å². The number of ether oxygens (including phenoxy) is 1. The van der Waals surface area contributed by atoms with Gasteiger partial charge >= 0.3 is 5.69 Å². The van der Waals surface area contributed by atoms with Crippen molar-refractivity contribution in [3.05, 3.63) is 33.9 Å². The van der Waals surface area contributed by atoms with Gasteiger partial charge in [0, 0.05) is 24.9 Å². The zero-order valence-corrected chi connectivity index (χ0v) is 15.6. The fourth-order valence-corrected chi connectivity index (χ4v) is 5.28. The van der Waals surface area contributed by atoms with Crippen molar-refractivity contribution in [2.75, 3.05) is 31.4 Å². The molecule has 0 N–H and O–H groups in total. The molecule has 0 spiro atoms. The maximum Gasteiger partial charge on any atom is 0.311 e. The normalized spacial score (nSPS) is 18.7. The quantitative estimate of drug-likeness (QED) is 0.514. The van der Waals surface area contributed by atoms with Gasteiger partial charge in [-0.25, -0.2) is 8.42 Å². The molecule has 25 heavy (non-hydrogen) atoms. The van der Waals surface area contributed by atoms with Gasteiger partial charge in [0.15, 0.2) is 15.6 Å². The first-order valence-corrected chi connectivity index (χ1v) is 10.6. The Morgan fingerprint density at radius 3 is 2.76 bits per heavy atom. The number of nitrogens with zero attached hydrogens (tertiary/aromatic N) is 2. The lowest BCUT2D eigenvalue weighted by atomic mass is 10.2. The van der Waals surface area contributed by atoms with Gasteiger partial charge in [0.05, 0.1) is 29.3 Å². The van der Waals surface area contributed by atoms with Crippen LogP contribution >= 0.6 is 11.8 Å². The van der Waals surface area contributed by atoms with E-state index < -0.39 is 14.8 Å². The molecule has 1 heterocycles. The van der Waals surface area contributed by atoms with Crippen LogP contribution in [0.25, 0.3) is 0 Å². The van der Waals surface area contributed by atoms with Crippen LogP contribution in [0.15, 0.2) is 18.2 Å². The van der Waals surface area contributed by atoms with Crippen molar-refractivity contribution < 1.29 is 22.9 Å². The summed E-state index contributed by atoms with van der Waals surface area (Å²) in [5.74, 6) is 0.815. The summed E-state index contributed by atoms with van der Waals surface area (Å²) < 4.78 is 27.9. The highest BCUT2D eigenvalue weighted by Gasteiger charge is 2.32. The molecule has 8 nitrogen and oxygen atoms in total. The predicted octanol–water partition coefficient (Wildman–Crippen LogP) is 1.48. The second-order valence-corrected chi connectivity index (χ2v) is 9.03. The van der Waals surface area contributed by atoms with Gasteiger partial charge in [-0.1, -0.05) is 6.07 Å². The van der Waals surface area contributed by atoms with Gasteiger partial charge in [-0.15, -0.1) is 11.8 Å². The van der Waals surface area contributed by atoms with E-state index in [1.165, 1.54) is 35.9 Å². The average molecular weight is 388 g/mol. The van der Waals surface area contributed by atoms with Crippen LogP contribution in [0.5, 0.6) is 5.75 Å². The van der Waals surface area contributed by atoms with Gasteiger partial charge in [0.25, 0.3) is 0 Å². The fraction of sp³-hybridized carbons (Fsp3) is 0.533. The molecule has 1 aliphatic heterocycles. The van der Waals surface area contributed by atoms with Crippen molar-refractivity contribution in [1.82, 2.24) is 4.90 Å². The van der Waals surface area contributed by atoms with Crippen LogP contribution in [0.2, 0.25) is 0 Å². The minimum Gasteiger partial charge on any atom is -0.490 e. The van der Waals surface area contributed by atoms with Crippen LogP contribution in [0.1, 0.15) is 12.0 Å². The summed E-state index contributed by atoms with van der Waals surface area (Å²) in [6.07, 6.45) is 0.472. The SMILES string of the molecule is COc1ccc(CSCC(=O)N(C)C2CCS(=O)(=O)C2)cc1[N+](=O)[O-]. The molecule has 1 aromatic rings. The molecule has 2 rings (SSSR count). The Balaban J connectivity index is 1.89. The van der Waals surface area contributed by atoms with Crippen LogP contribution in [0, 0.1) is 10.1 Å². The molecule has 1 fully saturated rings. The van der Waals surface area contributed by atoms with Gasteiger partial charge < -0.3 is 9.64 Å². The number of nitro groups is 1. The summed E-state index contributed by atoms with van der Waals surface area (Å²) in [4.78, 5) is 24.2. The fourth-order valence-electron chi connectivity index (χ4n) is 2.61. The number of nitro benzene ring substituents is 1. The van der Waals surface area contributed by atoms with Gasteiger partial charge in [-0.05, 0) is 18.1 Å². The summed E-state index contributed by atoms with van der Waals surface area (Å²) in [6.45, 7) is 0. The number of carbonyl (C=O) groups is 1. The second-order valence-electron chi connectivity index (χ2n) is 5.82. The number of carbonyl (C=O) groups excluding carboxylic acids is 1. The molecule has 1 amide bonds. The third-order valence-corrected chi connectivity index (χ3v) is 6.82. The van der Waals surface area contributed by atoms with Gasteiger partial charge in [-0.2, -0.15) is 0 Å². The molecule has 0 bridgehead atoms. The Morgan fingerprint density at radius 1 is 1.48 bits per heavy atom. The monoisotopic (exact) mass is 388 g/mol. The van der Waals surface area contributed by atoms with Crippen molar-refractivity contribution in [3.8, 4) is 5.75 Å². The lowest BCUT2D eigenvalue weighted by Crippen LogP contribution is -2.38. The van der Waals surface area contributed by atoms with E-state index in [9.17, 15) is 23.3 Å². The number of sulfone groups is 1. The number of methoxy groups -OCH3 is 1. The molecule has 1 saturated heterocycles. The van der Waals surface area contributed by atoms with E-state index in [0.29, 0.717) is 12.2 Å². The second kappa shape index (κ2) is 8.05. The third kappa shape index (κ3) is 5.08. The van der Waals surface area contributed by atoms with Crippen LogP contribution in [0.4, 0.5) is 5.69 Å². The van der Waals surface area contributed by atoms with E-state index >= 15 is 0 Å². The zero-order chi connectivity index (χ0) is 18.6. The Morgan fingerprint density at radius 2 is 2.20 bits per heavy atom. The van der Waals surface area contributed by atoms with Crippen LogP contribution < -0.4 is 4.74 Å². The Bertz CT molecular complexity index is 765. The third-order valence-electron chi connectivity index (χ3n) is 4.08. The van der Waals surface area contributed by atoms with Crippen molar-refractivity contribution in [2.45, 2.75) is 18.2 Å². The van der Waals surface area contributed by atoms with Crippen LogP contribution in [-0.2, 0) is 20.4 Å². The van der Waals surface area contributed by atoms with Gasteiger partial charge in [-0.3, -0.25) is 14.9 Å². The molecular formula is C15H20N2O6S2. The maximum atomic E-state index is 12.2. The zero-order valence-electron chi connectivity index (χ0n) is 14.0. The Hall–Kier alpha value is -1.81. The van der Waals surface area contributed by atoms with E-state index in [1.807, 2.05) is 0 Å². The molecule has 0 radical (unpaired) electrons. The van der Waals surface area contributed by atoms with E-state index in [-0.39, 0.29) is 40.6 Å². The molecular weight excluding hydrogens is 368 g/mol. The first-order valence-electron chi connectivity index (χ1n) is 7.58. The average Bonchev–Trinajstić information content (AvgIpc) is 2.93. The number of hydrogen-bond acceptors (Lipinski definition) is 7. The summed E-state index contributed by atoms with van der Waals surface area (Å²) in [6, 6.07) is 4.42. The maximum absolute atomic E-state index is 12.2. The lowest BCUT2D eigenvalue weighted by Gasteiger charge is -2.23. The number of hydrogen-bond donors (Lipinski definition) is 0. The van der Waals surface area contributed by atoms with Crippen LogP contribution in [-0.4, -0.2) is 61.6 Å². The minimum atomic E-state index is -3.03. The molecule has 1 aromatic carbocycles. The molecule has 1 atom stereocenters. The lowest BCUT2D eigenvalue weighted by molar-refractivity contribution is -0.385. The molecule has 0 aromatic heterocycles. The molecule has 138 valence electrons. The molecule has 1 aliphatic rings. The highest BCUT2D eigenvalue weighted by Crippen LogP contribution is 2.29. The molecule has 0 saturated carbocycles. The number of amides is 1. The minimum absolute atomic E-state index is 0.0184. The summed E-state index contributed by atoms with van der Waals surface area (Å²) >= 11 is 1.33. The van der Waals surface area contributed by atoms with Crippen molar-refractivity contribution in [1.29, 1.82) is 0 Å². The molecule has 0 aliphatic carbocycles. The molecule has 1 unspecified atom stereocenters. The van der Waals surface area contributed by atoms with Crippen LogP contribution in [0.3, 0.4) is 0 Å². The summed E-state index contributed by atoms with van der Waals surface area (Å²) in [5.41, 5.74) is 0.608. The first kappa shape index (κ1) is 19.5. The van der Waals surface area contributed by atoms with Gasteiger partial charge in [0.1, 0.15) is 0 Å². The van der Waals surface area contributed by atoms with E-state index in [4.69, 9.17) is 4.74 Å². The summed E-state index contributed by atoms with van der Waals surface area (Å²) in [7, 11) is -0.0462. The Labute approximate surface area is 150 Å². The van der Waals surface area contributed by atoms with E-state index in [0.717, 1.165) is 5.56 Å². The largest absolute Gasteiger partial charge is 0.490 e. The predicted molar refractivity (Wildman–Crippen MR) is 95.6 cm³/mol. The molecule has 10 heteroatoms. The standard InChI is InChI=1S/C15H20N2O6S2/c1-16(12-5-6-25(21,22)10-12)15(18)9-24-8-11-3-4-14(23-2)13(7-11)17(19)20/h3-4,7,12H,5-6,8-10H2,1-2H3. The van der Waals surface area contributed by atoms with E-state index in [2.05, 4.69) is 0 Å². The smallest absolute Gasteiger partial charge is 0.311 e. The Kier molecular flexibility index (Phi) is 6.28. The first-order chi connectivity index (χ1) is 11.7.